The van der Waals surface area contributed by atoms with E-state index >= 15 is 0 Å². The van der Waals surface area contributed by atoms with Crippen LogP contribution in [0.1, 0.15) is 19.4 Å². The summed E-state index contributed by atoms with van der Waals surface area (Å²) in [5.74, 6) is 0.927. The molecule has 2 aromatic rings. The normalized spacial score (nSPS) is 10.6. The van der Waals surface area contributed by atoms with Crippen LogP contribution in [0.2, 0.25) is 0 Å². The van der Waals surface area contributed by atoms with Gasteiger partial charge in [0.1, 0.15) is 5.75 Å². The first kappa shape index (κ1) is 11.7. The molecule has 0 saturated carbocycles. The first-order valence-corrected chi connectivity index (χ1v) is 5.99. The zero-order valence-electron chi connectivity index (χ0n) is 10.6. The molecule has 0 aliphatic rings. The van der Waals surface area contributed by atoms with Crippen LogP contribution < -0.4 is 4.74 Å². The van der Waals surface area contributed by atoms with E-state index < -0.39 is 0 Å². The summed E-state index contributed by atoms with van der Waals surface area (Å²) in [4.78, 5) is 0. The molecule has 0 heterocycles. The van der Waals surface area contributed by atoms with Crippen molar-refractivity contribution in [1.82, 2.24) is 0 Å². The maximum atomic E-state index is 5.62. The van der Waals surface area contributed by atoms with Crippen LogP contribution >= 0.6 is 0 Å². The minimum Gasteiger partial charge on any atom is -0.491 e. The van der Waals surface area contributed by atoms with Crippen LogP contribution in [-0.4, -0.2) is 6.10 Å². The molecule has 1 nitrogen and oxygen atoms in total. The third kappa shape index (κ3) is 3.10. The largest absolute Gasteiger partial charge is 0.491 e. The van der Waals surface area contributed by atoms with Gasteiger partial charge >= 0.3 is 0 Å². The smallest absolute Gasteiger partial charge is 0.119 e. The Morgan fingerprint density at radius 2 is 1.24 bits per heavy atom. The highest BCUT2D eigenvalue weighted by molar-refractivity contribution is 5.64. The van der Waals surface area contributed by atoms with Gasteiger partial charge in [0.05, 0.1) is 6.10 Å². The van der Waals surface area contributed by atoms with Gasteiger partial charge in [0.2, 0.25) is 0 Å². The fraction of sp³-hybridized carbons (Fsp3) is 0.250. The summed E-state index contributed by atoms with van der Waals surface area (Å²) < 4.78 is 5.62. The summed E-state index contributed by atoms with van der Waals surface area (Å²) in [6.45, 7) is 6.17. The number of rotatable bonds is 3. The molecule has 0 atom stereocenters. The maximum absolute atomic E-state index is 5.62. The van der Waals surface area contributed by atoms with E-state index in [2.05, 4.69) is 43.3 Å². The van der Waals surface area contributed by atoms with Crippen LogP contribution in [0.3, 0.4) is 0 Å². The Morgan fingerprint density at radius 3 is 1.71 bits per heavy atom. The minimum atomic E-state index is 0.222. The second-order valence-corrected chi connectivity index (χ2v) is 4.56. The first-order valence-electron chi connectivity index (χ1n) is 5.99. The van der Waals surface area contributed by atoms with Crippen molar-refractivity contribution in [2.45, 2.75) is 26.9 Å². The Morgan fingerprint density at radius 1 is 0.765 bits per heavy atom. The van der Waals surface area contributed by atoms with Crippen LogP contribution in [0.4, 0.5) is 0 Å². The lowest BCUT2D eigenvalue weighted by Crippen LogP contribution is -2.05. The standard InChI is InChI=1S/C16H18O/c1-12(2)17-16-10-8-15(9-11-16)14-6-4-13(3)5-7-14/h4-12H,1-3H3. The molecule has 0 N–H and O–H groups in total. The van der Waals surface area contributed by atoms with Crippen molar-refractivity contribution in [3.05, 3.63) is 54.1 Å². The topological polar surface area (TPSA) is 9.23 Å². The molecule has 88 valence electrons. The van der Waals surface area contributed by atoms with Gasteiger partial charge in [-0.3, -0.25) is 0 Å². The van der Waals surface area contributed by atoms with E-state index in [1.165, 1.54) is 16.7 Å². The van der Waals surface area contributed by atoms with Gasteiger partial charge in [-0.05, 0) is 44.0 Å². The van der Waals surface area contributed by atoms with Gasteiger partial charge in [-0.2, -0.15) is 0 Å². The summed E-state index contributed by atoms with van der Waals surface area (Å²) in [6.07, 6.45) is 0.222. The van der Waals surface area contributed by atoms with Gasteiger partial charge in [0.25, 0.3) is 0 Å². The number of ether oxygens (including phenoxy) is 1. The monoisotopic (exact) mass is 226 g/mol. The van der Waals surface area contributed by atoms with Gasteiger partial charge in [-0.15, -0.1) is 0 Å². The van der Waals surface area contributed by atoms with Crippen molar-refractivity contribution < 1.29 is 4.74 Å². The van der Waals surface area contributed by atoms with Crippen LogP contribution in [0.15, 0.2) is 48.5 Å². The molecular weight excluding hydrogens is 208 g/mol. The fourth-order valence-electron chi connectivity index (χ4n) is 1.74. The molecule has 0 saturated heterocycles. The van der Waals surface area contributed by atoms with Gasteiger partial charge in [0.15, 0.2) is 0 Å². The summed E-state index contributed by atoms with van der Waals surface area (Å²) >= 11 is 0. The summed E-state index contributed by atoms with van der Waals surface area (Å²) in [5, 5.41) is 0. The van der Waals surface area contributed by atoms with E-state index in [4.69, 9.17) is 4.74 Å². The average Bonchev–Trinajstić information content (AvgIpc) is 2.30. The first-order chi connectivity index (χ1) is 8.15. The predicted octanol–water partition coefficient (Wildman–Crippen LogP) is 4.45. The number of hydrogen-bond donors (Lipinski definition) is 0. The minimum absolute atomic E-state index is 0.222. The lowest BCUT2D eigenvalue weighted by molar-refractivity contribution is 0.242. The molecule has 2 rings (SSSR count). The third-order valence-electron chi connectivity index (χ3n) is 2.61. The maximum Gasteiger partial charge on any atom is 0.119 e. The molecule has 1 heteroatoms. The summed E-state index contributed by atoms with van der Waals surface area (Å²) in [7, 11) is 0. The van der Waals surface area contributed by atoms with Gasteiger partial charge in [0, 0.05) is 0 Å². The molecule has 0 spiro atoms. The molecule has 0 unspecified atom stereocenters. The highest BCUT2D eigenvalue weighted by atomic mass is 16.5. The van der Waals surface area contributed by atoms with E-state index in [1.807, 2.05) is 26.0 Å². The van der Waals surface area contributed by atoms with Crippen molar-refractivity contribution >= 4 is 0 Å². The van der Waals surface area contributed by atoms with E-state index in [0.717, 1.165) is 5.75 Å². The van der Waals surface area contributed by atoms with Crippen molar-refractivity contribution in [3.63, 3.8) is 0 Å². The molecule has 0 aromatic heterocycles. The van der Waals surface area contributed by atoms with Crippen LogP contribution in [0.5, 0.6) is 5.75 Å². The molecule has 0 amide bonds. The molecule has 0 aliphatic heterocycles. The van der Waals surface area contributed by atoms with E-state index in [-0.39, 0.29) is 6.10 Å². The fourth-order valence-corrected chi connectivity index (χ4v) is 1.74. The Hall–Kier alpha value is -1.76. The summed E-state index contributed by atoms with van der Waals surface area (Å²) in [6, 6.07) is 16.8. The zero-order valence-corrected chi connectivity index (χ0v) is 10.6. The Kier molecular flexibility index (Phi) is 3.48. The Bertz CT molecular complexity index is 466. The van der Waals surface area contributed by atoms with E-state index in [0.29, 0.717) is 0 Å². The molecule has 0 fully saturated rings. The van der Waals surface area contributed by atoms with Gasteiger partial charge in [-0.1, -0.05) is 42.0 Å². The van der Waals surface area contributed by atoms with Crippen LogP contribution in [0, 0.1) is 6.92 Å². The lowest BCUT2D eigenvalue weighted by Gasteiger charge is -2.10. The Labute approximate surface area is 103 Å². The van der Waals surface area contributed by atoms with Gasteiger partial charge in [-0.25, -0.2) is 0 Å². The molecule has 17 heavy (non-hydrogen) atoms. The zero-order chi connectivity index (χ0) is 12.3. The number of benzene rings is 2. The molecule has 0 aliphatic carbocycles. The van der Waals surface area contributed by atoms with Crippen molar-refractivity contribution in [1.29, 1.82) is 0 Å². The van der Waals surface area contributed by atoms with E-state index in [1.54, 1.807) is 0 Å². The third-order valence-corrected chi connectivity index (χ3v) is 2.61. The summed E-state index contributed by atoms with van der Waals surface area (Å²) in [5.41, 5.74) is 3.75. The van der Waals surface area contributed by atoms with Crippen molar-refractivity contribution in [2.24, 2.45) is 0 Å². The highest BCUT2D eigenvalue weighted by Crippen LogP contribution is 2.23. The molecular formula is C16H18O. The molecule has 2 aromatic carbocycles. The van der Waals surface area contributed by atoms with Crippen LogP contribution in [0.25, 0.3) is 11.1 Å². The van der Waals surface area contributed by atoms with Crippen LogP contribution in [-0.2, 0) is 0 Å². The highest BCUT2D eigenvalue weighted by Gasteiger charge is 2.00. The predicted molar refractivity (Wildman–Crippen MR) is 72.4 cm³/mol. The second kappa shape index (κ2) is 5.05. The number of aryl methyl sites for hydroxylation is 1. The lowest BCUT2D eigenvalue weighted by atomic mass is 10.0. The SMILES string of the molecule is Cc1ccc(-c2ccc(OC(C)C)cc2)cc1. The average molecular weight is 226 g/mol. The molecule has 0 radical (unpaired) electrons. The Balaban J connectivity index is 2.20. The van der Waals surface area contributed by atoms with Crippen molar-refractivity contribution in [2.75, 3.05) is 0 Å². The van der Waals surface area contributed by atoms with E-state index in [9.17, 15) is 0 Å². The van der Waals surface area contributed by atoms with Crippen molar-refractivity contribution in [3.8, 4) is 16.9 Å². The molecule has 0 bridgehead atoms. The second-order valence-electron chi connectivity index (χ2n) is 4.56. The van der Waals surface area contributed by atoms with Gasteiger partial charge < -0.3 is 4.74 Å². The quantitative estimate of drug-likeness (QED) is 0.751. The number of hydrogen-bond acceptors (Lipinski definition) is 1.